The second-order valence-corrected chi connectivity index (χ2v) is 7.52. The van der Waals surface area contributed by atoms with E-state index in [0.29, 0.717) is 18.4 Å². The van der Waals surface area contributed by atoms with E-state index < -0.39 is 15.8 Å². The van der Waals surface area contributed by atoms with Crippen LogP contribution in [0.4, 0.5) is 4.39 Å². The predicted molar refractivity (Wildman–Crippen MR) is 79.5 cm³/mol. The van der Waals surface area contributed by atoms with Crippen LogP contribution in [-0.2, 0) is 10.0 Å². The Morgan fingerprint density at radius 2 is 1.81 bits per heavy atom. The number of sulfonamides is 1. The smallest absolute Gasteiger partial charge is 0.211 e. The molecular formula is C15H21FN2O2S. The monoisotopic (exact) mass is 312 g/mol. The summed E-state index contributed by atoms with van der Waals surface area (Å²) in [5.74, 6) is 0.167. The summed E-state index contributed by atoms with van der Waals surface area (Å²) in [6, 6.07) is 4.86. The van der Waals surface area contributed by atoms with Crippen LogP contribution in [-0.4, -0.2) is 15.0 Å². The van der Waals surface area contributed by atoms with Crippen LogP contribution in [0.25, 0.3) is 0 Å². The minimum atomic E-state index is -3.74. The Morgan fingerprint density at radius 3 is 2.29 bits per heavy atom. The maximum absolute atomic E-state index is 13.2. The summed E-state index contributed by atoms with van der Waals surface area (Å²) in [6.07, 6.45) is 0. The number of rotatable bonds is 6. The largest absolute Gasteiger partial charge is 0.240 e. The molecule has 0 atom stereocenters. The molecule has 0 aliphatic heterocycles. The Morgan fingerprint density at radius 1 is 1.24 bits per heavy atom. The molecule has 0 aromatic heterocycles. The third kappa shape index (κ3) is 4.51. The molecule has 21 heavy (non-hydrogen) atoms. The lowest BCUT2D eigenvalue weighted by Gasteiger charge is -2.25. The van der Waals surface area contributed by atoms with Gasteiger partial charge in [-0.15, -0.1) is 0 Å². The lowest BCUT2D eigenvalue weighted by Crippen LogP contribution is -2.34. The normalized spacial score (nSPS) is 12.1. The highest BCUT2D eigenvalue weighted by molar-refractivity contribution is 7.89. The number of hydrogen-bond acceptors (Lipinski definition) is 3. The average Bonchev–Trinajstić information content (AvgIpc) is 2.38. The molecule has 0 heterocycles. The molecule has 4 nitrogen and oxygen atoms in total. The highest BCUT2D eigenvalue weighted by Gasteiger charge is 2.22. The number of halogens is 1. The molecule has 0 saturated heterocycles. The van der Waals surface area contributed by atoms with Gasteiger partial charge in [-0.3, -0.25) is 0 Å². The summed E-state index contributed by atoms with van der Waals surface area (Å²) in [4.78, 5) is -0.0910. The first-order chi connectivity index (χ1) is 9.69. The van der Waals surface area contributed by atoms with Crippen LogP contribution in [0.1, 0.15) is 33.3 Å². The van der Waals surface area contributed by atoms with Gasteiger partial charge in [-0.05, 0) is 36.0 Å². The van der Waals surface area contributed by atoms with Crippen molar-refractivity contribution in [2.75, 3.05) is 6.54 Å². The molecule has 1 aromatic rings. The highest BCUT2D eigenvalue weighted by Crippen LogP contribution is 2.21. The zero-order valence-corrected chi connectivity index (χ0v) is 13.5. The average molecular weight is 312 g/mol. The van der Waals surface area contributed by atoms with E-state index in [1.165, 1.54) is 0 Å². The zero-order chi connectivity index (χ0) is 16.2. The topological polar surface area (TPSA) is 70.0 Å². The lowest BCUT2D eigenvalue weighted by atomic mass is 9.86. The van der Waals surface area contributed by atoms with E-state index in [1.54, 1.807) is 6.07 Å². The van der Waals surface area contributed by atoms with Gasteiger partial charge >= 0.3 is 0 Å². The molecular weight excluding hydrogens is 291 g/mol. The van der Waals surface area contributed by atoms with Crippen molar-refractivity contribution in [2.24, 2.45) is 17.8 Å². The zero-order valence-electron chi connectivity index (χ0n) is 12.7. The fourth-order valence-corrected chi connectivity index (χ4v) is 3.39. The number of nitriles is 1. The summed E-state index contributed by atoms with van der Waals surface area (Å²) in [5, 5.41) is 8.77. The van der Waals surface area contributed by atoms with E-state index in [9.17, 15) is 12.8 Å². The molecule has 1 aromatic carbocycles. The van der Waals surface area contributed by atoms with Gasteiger partial charge in [0.05, 0.1) is 10.5 Å². The Balaban J connectivity index is 2.95. The van der Waals surface area contributed by atoms with Crippen LogP contribution in [0.2, 0.25) is 0 Å². The van der Waals surface area contributed by atoms with E-state index >= 15 is 0 Å². The summed E-state index contributed by atoms with van der Waals surface area (Å²) < 4.78 is 40.2. The van der Waals surface area contributed by atoms with Crippen molar-refractivity contribution in [2.45, 2.75) is 32.6 Å². The number of nitrogens with zero attached hydrogens (tertiary/aromatic N) is 1. The van der Waals surface area contributed by atoms with E-state index in [4.69, 9.17) is 5.26 Å². The Bertz CT molecular complexity index is 626. The van der Waals surface area contributed by atoms with Crippen molar-refractivity contribution >= 4 is 10.0 Å². The predicted octanol–water partition coefficient (Wildman–Crippen LogP) is 2.90. The first kappa shape index (κ1) is 17.6. The van der Waals surface area contributed by atoms with Crippen LogP contribution in [0, 0.1) is 34.9 Å². The molecule has 0 saturated carbocycles. The number of nitrogens with one attached hydrogen (secondary N) is 1. The van der Waals surface area contributed by atoms with Crippen LogP contribution in [0.5, 0.6) is 0 Å². The second kappa shape index (κ2) is 7.01. The van der Waals surface area contributed by atoms with Crippen molar-refractivity contribution in [3.8, 4) is 6.07 Å². The Labute approximate surface area is 126 Å². The summed E-state index contributed by atoms with van der Waals surface area (Å²) >= 11 is 0. The SMILES string of the molecule is CC(C)C(CNS(=O)(=O)c1ccc(F)c(C#N)c1)C(C)C. The standard InChI is InChI=1S/C15H21FN2O2S/c1-10(2)14(11(3)4)9-18-21(19,20)13-5-6-15(16)12(7-13)8-17/h5-7,10-11,14,18H,9H2,1-4H3. The molecule has 116 valence electrons. The first-order valence-corrected chi connectivity index (χ1v) is 8.36. The quantitative estimate of drug-likeness (QED) is 0.878. The van der Waals surface area contributed by atoms with Gasteiger partial charge in [-0.25, -0.2) is 17.5 Å². The second-order valence-electron chi connectivity index (χ2n) is 5.76. The fraction of sp³-hybridized carbons (Fsp3) is 0.533. The van der Waals surface area contributed by atoms with Crippen LogP contribution < -0.4 is 4.72 Å². The minimum absolute atomic E-state index is 0.0910. The van der Waals surface area contributed by atoms with Crippen LogP contribution in [0.3, 0.4) is 0 Å². The molecule has 0 aliphatic carbocycles. The molecule has 0 aliphatic rings. The van der Waals surface area contributed by atoms with Gasteiger partial charge < -0.3 is 0 Å². The van der Waals surface area contributed by atoms with Gasteiger partial charge in [0.15, 0.2) is 0 Å². The summed E-state index contributed by atoms with van der Waals surface area (Å²) in [7, 11) is -3.74. The van der Waals surface area contributed by atoms with Gasteiger partial charge in [0.25, 0.3) is 0 Å². The van der Waals surface area contributed by atoms with Gasteiger partial charge in [-0.2, -0.15) is 5.26 Å². The summed E-state index contributed by atoms with van der Waals surface area (Å²) in [6.45, 7) is 8.50. The molecule has 6 heteroatoms. The van der Waals surface area contributed by atoms with Crippen molar-refractivity contribution < 1.29 is 12.8 Å². The third-order valence-electron chi connectivity index (χ3n) is 3.59. The van der Waals surface area contributed by atoms with E-state index in [2.05, 4.69) is 4.72 Å². The van der Waals surface area contributed by atoms with Gasteiger partial charge in [-0.1, -0.05) is 27.7 Å². The van der Waals surface area contributed by atoms with Crippen molar-refractivity contribution in [1.82, 2.24) is 4.72 Å². The number of hydrogen-bond donors (Lipinski definition) is 1. The van der Waals surface area contributed by atoms with Gasteiger partial charge in [0, 0.05) is 6.54 Å². The van der Waals surface area contributed by atoms with Crippen LogP contribution in [0.15, 0.2) is 23.1 Å². The van der Waals surface area contributed by atoms with Crippen LogP contribution >= 0.6 is 0 Å². The molecule has 1 N–H and O–H groups in total. The van der Waals surface area contributed by atoms with Gasteiger partial charge in [0.2, 0.25) is 10.0 Å². The lowest BCUT2D eigenvalue weighted by molar-refractivity contribution is 0.289. The van der Waals surface area contributed by atoms with E-state index in [0.717, 1.165) is 18.2 Å². The van der Waals surface area contributed by atoms with Crippen molar-refractivity contribution in [3.05, 3.63) is 29.6 Å². The fourth-order valence-electron chi connectivity index (χ4n) is 2.29. The first-order valence-electron chi connectivity index (χ1n) is 6.88. The minimum Gasteiger partial charge on any atom is -0.211 e. The molecule has 0 bridgehead atoms. The Kier molecular flexibility index (Phi) is 5.87. The molecule has 0 radical (unpaired) electrons. The number of benzene rings is 1. The third-order valence-corrected chi connectivity index (χ3v) is 5.01. The summed E-state index contributed by atoms with van der Waals surface area (Å²) in [5.41, 5.74) is -0.276. The molecule has 0 unspecified atom stereocenters. The van der Waals surface area contributed by atoms with E-state index in [-0.39, 0.29) is 16.4 Å². The van der Waals surface area contributed by atoms with Crippen molar-refractivity contribution in [1.29, 1.82) is 5.26 Å². The maximum Gasteiger partial charge on any atom is 0.240 e. The maximum atomic E-state index is 13.2. The molecule has 0 fully saturated rings. The Hall–Kier alpha value is -1.45. The molecule has 0 spiro atoms. The highest BCUT2D eigenvalue weighted by atomic mass is 32.2. The molecule has 1 rings (SSSR count). The van der Waals surface area contributed by atoms with Gasteiger partial charge in [0.1, 0.15) is 11.9 Å². The van der Waals surface area contributed by atoms with Crippen molar-refractivity contribution in [3.63, 3.8) is 0 Å². The van der Waals surface area contributed by atoms with E-state index in [1.807, 2.05) is 27.7 Å². The molecule has 0 amide bonds.